The molecule has 0 radical (unpaired) electrons. The quantitative estimate of drug-likeness (QED) is 0.684. The number of ether oxygens (including phenoxy) is 1. The van der Waals surface area contributed by atoms with E-state index in [1.165, 1.54) is 10.8 Å². The standard InChI is InChI=1S/C12H10O2/c13-12-10-6-5-8-3-1-2-4-9(8)11(10)7-14-12/h1-6,12-13H,7H2. The second kappa shape index (κ2) is 2.80. The lowest BCUT2D eigenvalue weighted by Gasteiger charge is -2.04. The van der Waals surface area contributed by atoms with Gasteiger partial charge in [0.25, 0.3) is 0 Å². The van der Waals surface area contributed by atoms with E-state index >= 15 is 0 Å². The van der Waals surface area contributed by atoms with Crippen LogP contribution in [0.4, 0.5) is 0 Å². The Hall–Kier alpha value is -1.38. The van der Waals surface area contributed by atoms with E-state index in [9.17, 15) is 5.11 Å². The first kappa shape index (κ1) is 7.97. The highest BCUT2D eigenvalue weighted by Gasteiger charge is 2.22. The molecule has 1 atom stereocenters. The minimum atomic E-state index is -0.741. The van der Waals surface area contributed by atoms with Crippen LogP contribution in [-0.2, 0) is 11.3 Å². The molecule has 1 aliphatic rings. The van der Waals surface area contributed by atoms with Gasteiger partial charge in [-0.05, 0) is 16.3 Å². The number of rotatable bonds is 0. The number of hydrogen-bond acceptors (Lipinski definition) is 2. The molecule has 0 saturated carbocycles. The molecule has 0 saturated heterocycles. The largest absolute Gasteiger partial charge is 0.364 e. The molecule has 2 nitrogen and oxygen atoms in total. The molecule has 1 heterocycles. The average Bonchev–Trinajstić information content (AvgIpc) is 2.61. The molecule has 3 rings (SSSR count). The summed E-state index contributed by atoms with van der Waals surface area (Å²) in [5.74, 6) is 0. The highest BCUT2D eigenvalue weighted by molar-refractivity contribution is 5.87. The average molecular weight is 186 g/mol. The Morgan fingerprint density at radius 1 is 1.14 bits per heavy atom. The third-order valence-corrected chi connectivity index (χ3v) is 2.73. The molecule has 1 N–H and O–H groups in total. The van der Waals surface area contributed by atoms with Crippen LogP contribution in [0.15, 0.2) is 36.4 Å². The zero-order chi connectivity index (χ0) is 9.54. The molecule has 0 aliphatic carbocycles. The van der Waals surface area contributed by atoms with Gasteiger partial charge in [0.15, 0.2) is 6.29 Å². The molecule has 70 valence electrons. The molecule has 2 aromatic rings. The van der Waals surface area contributed by atoms with E-state index in [2.05, 4.69) is 12.1 Å². The molecule has 0 aromatic heterocycles. The Morgan fingerprint density at radius 2 is 2.00 bits per heavy atom. The van der Waals surface area contributed by atoms with Gasteiger partial charge in [-0.3, -0.25) is 0 Å². The van der Waals surface area contributed by atoms with Gasteiger partial charge >= 0.3 is 0 Å². The van der Waals surface area contributed by atoms with Crippen LogP contribution in [-0.4, -0.2) is 5.11 Å². The topological polar surface area (TPSA) is 29.5 Å². The van der Waals surface area contributed by atoms with Gasteiger partial charge in [-0.15, -0.1) is 0 Å². The van der Waals surface area contributed by atoms with E-state index in [0.29, 0.717) is 6.61 Å². The maximum atomic E-state index is 9.52. The summed E-state index contributed by atoms with van der Waals surface area (Å²) in [7, 11) is 0. The SMILES string of the molecule is OC1OCc2c1ccc1ccccc21. The second-order valence-electron chi connectivity index (χ2n) is 3.52. The Bertz CT molecular complexity index is 491. The zero-order valence-electron chi connectivity index (χ0n) is 7.60. The van der Waals surface area contributed by atoms with Gasteiger partial charge in [-0.2, -0.15) is 0 Å². The van der Waals surface area contributed by atoms with Crippen molar-refractivity contribution in [1.29, 1.82) is 0 Å². The lowest BCUT2D eigenvalue weighted by atomic mass is 10.0. The van der Waals surface area contributed by atoms with Gasteiger partial charge in [0, 0.05) is 5.56 Å². The van der Waals surface area contributed by atoms with Crippen LogP contribution < -0.4 is 0 Å². The maximum absolute atomic E-state index is 9.52. The third-order valence-electron chi connectivity index (χ3n) is 2.73. The minimum Gasteiger partial charge on any atom is -0.364 e. The fourth-order valence-corrected chi connectivity index (χ4v) is 2.00. The van der Waals surface area contributed by atoms with Crippen molar-refractivity contribution in [3.8, 4) is 0 Å². The molecule has 2 heteroatoms. The van der Waals surface area contributed by atoms with Crippen molar-refractivity contribution in [2.45, 2.75) is 12.9 Å². The monoisotopic (exact) mass is 186 g/mol. The Kier molecular flexibility index (Phi) is 1.60. The molecule has 2 aromatic carbocycles. The number of hydrogen-bond donors (Lipinski definition) is 1. The molecule has 0 amide bonds. The number of benzene rings is 2. The third kappa shape index (κ3) is 0.983. The normalized spacial score (nSPS) is 19.9. The molecular formula is C12H10O2. The Morgan fingerprint density at radius 3 is 2.93 bits per heavy atom. The van der Waals surface area contributed by atoms with Gasteiger partial charge in [-0.1, -0.05) is 36.4 Å². The van der Waals surface area contributed by atoms with E-state index in [1.807, 2.05) is 24.3 Å². The van der Waals surface area contributed by atoms with Crippen LogP contribution in [0.25, 0.3) is 10.8 Å². The van der Waals surface area contributed by atoms with E-state index in [-0.39, 0.29) is 0 Å². The fraction of sp³-hybridized carbons (Fsp3) is 0.167. The number of fused-ring (bicyclic) bond motifs is 3. The van der Waals surface area contributed by atoms with Crippen molar-refractivity contribution in [3.63, 3.8) is 0 Å². The van der Waals surface area contributed by atoms with Gasteiger partial charge in [0.05, 0.1) is 6.61 Å². The van der Waals surface area contributed by atoms with E-state index in [0.717, 1.165) is 11.1 Å². The van der Waals surface area contributed by atoms with Gasteiger partial charge in [-0.25, -0.2) is 0 Å². The van der Waals surface area contributed by atoms with Crippen LogP contribution in [0.3, 0.4) is 0 Å². The lowest BCUT2D eigenvalue weighted by molar-refractivity contribution is -0.0917. The van der Waals surface area contributed by atoms with Crippen molar-refractivity contribution < 1.29 is 9.84 Å². The Labute approximate surface area is 81.7 Å². The predicted molar refractivity (Wildman–Crippen MR) is 53.7 cm³/mol. The fourth-order valence-electron chi connectivity index (χ4n) is 2.00. The summed E-state index contributed by atoms with van der Waals surface area (Å²) in [6.45, 7) is 0.512. The molecule has 0 fully saturated rings. The van der Waals surface area contributed by atoms with Crippen molar-refractivity contribution >= 4 is 10.8 Å². The summed E-state index contributed by atoms with van der Waals surface area (Å²) in [4.78, 5) is 0. The van der Waals surface area contributed by atoms with Crippen LogP contribution in [0.5, 0.6) is 0 Å². The Balaban J connectivity index is 2.38. The van der Waals surface area contributed by atoms with Crippen LogP contribution in [0.2, 0.25) is 0 Å². The number of aliphatic hydroxyl groups is 1. The van der Waals surface area contributed by atoms with Crippen LogP contribution in [0.1, 0.15) is 17.4 Å². The summed E-state index contributed by atoms with van der Waals surface area (Å²) >= 11 is 0. The van der Waals surface area contributed by atoms with Gasteiger partial charge < -0.3 is 9.84 Å². The lowest BCUT2D eigenvalue weighted by Crippen LogP contribution is -1.91. The van der Waals surface area contributed by atoms with Crippen molar-refractivity contribution in [3.05, 3.63) is 47.5 Å². The first-order chi connectivity index (χ1) is 6.86. The molecule has 14 heavy (non-hydrogen) atoms. The molecule has 0 spiro atoms. The van der Waals surface area contributed by atoms with E-state index < -0.39 is 6.29 Å². The maximum Gasteiger partial charge on any atom is 0.181 e. The highest BCUT2D eigenvalue weighted by atomic mass is 16.6. The molecule has 0 bridgehead atoms. The summed E-state index contributed by atoms with van der Waals surface area (Å²) in [5.41, 5.74) is 2.03. The van der Waals surface area contributed by atoms with Crippen LogP contribution in [0, 0.1) is 0 Å². The summed E-state index contributed by atoms with van der Waals surface area (Å²) in [6, 6.07) is 12.1. The van der Waals surface area contributed by atoms with Gasteiger partial charge in [0.1, 0.15) is 0 Å². The van der Waals surface area contributed by atoms with E-state index in [1.54, 1.807) is 0 Å². The first-order valence-corrected chi connectivity index (χ1v) is 4.66. The van der Waals surface area contributed by atoms with Crippen molar-refractivity contribution in [2.24, 2.45) is 0 Å². The first-order valence-electron chi connectivity index (χ1n) is 4.66. The van der Waals surface area contributed by atoms with E-state index in [4.69, 9.17) is 4.74 Å². The molecule has 1 unspecified atom stereocenters. The molecule has 1 aliphatic heterocycles. The molecular weight excluding hydrogens is 176 g/mol. The smallest absolute Gasteiger partial charge is 0.181 e. The minimum absolute atomic E-state index is 0.512. The van der Waals surface area contributed by atoms with Crippen molar-refractivity contribution in [2.75, 3.05) is 0 Å². The van der Waals surface area contributed by atoms with Crippen molar-refractivity contribution in [1.82, 2.24) is 0 Å². The summed E-state index contributed by atoms with van der Waals surface area (Å²) in [5, 5.41) is 11.9. The van der Waals surface area contributed by atoms with Crippen LogP contribution >= 0.6 is 0 Å². The van der Waals surface area contributed by atoms with Gasteiger partial charge in [0.2, 0.25) is 0 Å². The summed E-state index contributed by atoms with van der Waals surface area (Å²) in [6.07, 6.45) is -0.741. The predicted octanol–water partition coefficient (Wildman–Crippen LogP) is 2.36. The highest BCUT2D eigenvalue weighted by Crippen LogP contribution is 2.33. The summed E-state index contributed by atoms with van der Waals surface area (Å²) < 4.78 is 5.19. The number of aliphatic hydroxyl groups excluding tert-OH is 1. The zero-order valence-corrected chi connectivity index (χ0v) is 7.60. The second-order valence-corrected chi connectivity index (χ2v) is 3.52.